The number of rotatable bonds is 4. The van der Waals surface area contributed by atoms with Crippen molar-refractivity contribution in [1.82, 2.24) is 10.3 Å². The van der Waals surface area contributed by atoms with Crippen LogP contribution >= 0.6 is 11.3 Å². The molecule has 1 heterocycles. The van der Waals surface area contributed by atoms with Crippen LogP contribution in [0.15, 0.2) is 29.6 Å². The molecule has 0 saturated carbocycles. The highest BCUT2D eigenvalue weighted by Crippen LogP contribution is 2.21. The van der Waals surface area contributed by atoms with E-state index in [9.17, 15) is 14.0 Å². The number of carbonyl (C=O) groups is 2. The fourth-order valence-electron chi connectivity index (χ4n) is 1.73. The zero-order valence-corrected chi connectivity index (χ0v) is 13.3. The molecule has 2 aromatic rings. The number of nitrogens with zero attached hydrogens (tertiary/aromatic N) is 2. The Kier molecular flexibility index (Phi) is 4.87. The van der Waals surface area contributed by atoms with Gasteiger partial charge in [-0.05, 0) is 38.1 Å². The van der Waals surface area contributed by atoms with Crippen molar-refractivity contribution in [2.75, 3.05) is 11.9 Å². The van der Waals surface area contributed by atoms with Crippen LogP contribution in [0.4, 0.5) is 9.52 Å². The second kappa shape index (κ2) is 6.65. The lowest BCUT2D eigenvalue weighted by atomic mass is 10.2. The van der Waals surface area contributed by atoms with Crippen LogP contribution in [-0.4, -0.2) is 29.9 Å². The lowest BCUT2D eigenvalue weighted by molar-refractivity contribution is 0.0936. The van der Waals surface area contributed by atoms with Crippen molar-refractivity contribution in [2.24, 2.45) is 0 Å². The number of thiazole rings is 1. The minimum Gasteiger partial charge on any atom is -0.349 e. The number of hydrogen-bond acceptors (Lipinski definition) is 4. The highest BCUT2D eigenvalue weighted by atomic mass is 32.1. The molecule has 1 aromatic carbocycles. The first-order valence-electron chi connectivity index (χ1n) is 6.68. The second-order valence-electron chi connectivity index (χ2n) is 5.01. The molecule has 7 heteroatoms. The summed E-state index contributed by atoms with van der Waals surface area (Å²) < 4.78 is 12.9. The Morgan fingerprint density at radius 2 is 1.91 bits per heavy atom. The summed E-state index contributed by atoms with van der Waals surface area (Å²) in [6, 6.07) is 5.29. The number of halogens is 1. The largest absolute Gasteiger partial charge is 0.349 e. The van der Waals surface area contributed by atoms with Crippen LogP contribution < -0.4 is 10.2 Å². The number of aromatic nitrogens is 1. The average molecular weight is 321 g/mol. The molecule has 0 spiro atoms. The van der Waals surface area contributed by atoms with Gasteiger partial charge in [-0.25, -0.2) is 9.37 Å². The highest BCUT2D eigenvalue weighted by Gasteiger charge is 2.19. The van der Waals surface area contributed by atoms with Crippen molar-refractivity contribution < 1.29 is 14.0 Å². The Labute approximate surface area is 131 Å². The van der Waals surface area contributed by atoms with Crippen LogP contribution in [0.1, 0.15) is 34.7 Å². The van der Waals surface area contributed by atoms with Gasteiger partial charge in [-0.2, -0.15) is 0 Å². The first kappa shape index (κ1) is 16.1. The third-order valence-corrected chi connectivity index (χ3v) is 3.74. The van der Waals surface area contributed by atoms with Crippen molar-refractivity contribution in [2.45, 2.75) is 19.9 Å². The molecule has 2 amide bonds. The molecule has 22 heavy (non-hydrogen) atoms. The van der Waals surface area contributed by atoms with Crippen molar-refractivity contribution in [3.05, 3.63) is 46.7 Å². The maximum atomic E-state index is 12.9. The van der Waals surface area contributed by atoms with E-state index in [0.29, 0.717) is 10.7 Å². The van der Waals surface area contributed by atoms with Crippen LogP contribution in [0.3, 0.4) is 0 Å². The van der Waals surface area contributed by atoms with Crippen LogP contribution in [-0.2, 0) is 0 Å². The van der Waals surface area contributed by atoms with Gasteiger partial charge in [-0.15, -0.1) is 11.3 Å². The number of nitrogens with one attached hydrogen (secondary N) is 1. The molecule has 0 saturated heterocycles. The molecule has 0 aliphatic heterocycles. The van der Waals surface area contributed by atoms with Crippen LogP contribution in [0.25, 0.3) is 0 Å². The van der Waals surface area contributed by atoms with Crippen molar-refractivity contribution >= 4 is 28.3 Å². The Morgan fingerprint density at radius 1 is 1.27 bits per heavy atom. The number of carbonyl (C=O) groups excluding carboxylic acids is 2. The molecule has 5 nitrogen and oxygen atoms in total. The van der Waals surface area contributed by atoms with Crippen molar-refractivity contribution in [3.8, 4) is 0 Å². The van der Waals surface area contributed by atoms with Gasteiger partial charge in [0.1, 0.15) is 11.5 Å². The van der Waals surface area contributed by atoms with E-state index in [0.717, 1.165) is 0 Å². The van der Waals surface area contributed by atoms with E-state index in [4.69, 9.17) is 0 Å². The summed E-state index contributed by atoms with van der Waals surface area (Å²) in [5.41, 5.74) is 0.625. The van der Waals surface area contributed by atoms with Crippen LogP contribution in [0.5, 0.6) is 0 Å². The van der Waals surface area contributed by atoms with Gasteiger partial charge in [-0.3, -0.25) is 14.5 Å². The minimum atomic E-state index is -0.402. The van der Waals surface area contributed by atoms with E-state index in [1.807, 2.05) is 13.8 Å². The van der Waals surface area contributed by atoms with E-state index in [2.05, 4.69) is 10.3 Å². The average Bonchev–Trinajstić information content (AvgIpc) is 2.95. The van der Waals surface area contributed by atoms with Crippen LogP contribution in [0.2, 0.25) is 0 Å². The first-order chi connectivity index (χ1) is 10.4. The second-order valence-corrected chi connectivity index (χ2v) is 5.85. The number of benzene rings is 1. The third kappa shape index (κ3) is 3.67. The lowest BCUT2D eigenvalue weighted by Gasteiger charge is -2.13. The first-order valence-corrected chi connectivity index (χ1v) is 7.56. The molecular formula is C15H16FN3O2S. The summed E-state index contributed by atoms with van der Waals surface area (Å²) in [5, 5.41) is 4.74. The molecule has 0 aliphatic carbocycles. The van der Waals surface area contributed by atoms with Gasteiger partial charge in [0.2, 0.25) is 0 Å². The molecule has 2 rings (SSSR count). The molecule has 116 valence electrons. The molecule has 0 radical (unpaired) electrons. The zero-order valence-electron chi connectivity index (χ0n) is 12.5. The normalized spacial score (nSPS) is 10.6. The third-order valence-electron chi connectivity index (χ3n) is 2.83. The predicted molar refractivity (Wildman–Crippen MR) is 83.8 cm³/mol. The Hall–Kier alpha value is -2.28. The van der Waals surface area contributed by atoms with Gasteiger partial charge in [0.15, 0.2) is 5.13 Å². The molecule has 1 N–H and O–H groups in total. The van der Waals surface area contributed by atoms with Gasteiger partial charge >= 0.3 is 0 Å². The SMILES string of the molecule is CC(C)NC(=O)c1csc(N(C)C(=O)c2ccc(F)cc2)n1. The zero-order chi connectivity index (χ0) is 16.3. The fourth-order valence-corrected chi connectivity index (χ4v) is 2.50. The summed E-state index contributed by atoms with van der Waals surface area (Å²) in [6.45, 7) is 3.71. The Bertz CT molecular complexity index is 682. The molecule has 0 aliphatic rings. The molecule has 0 bridgehead atoms. The molecule has 0 unspecified atom stereocenters. The van der Waals surface area contributed by atoms with E-state index >= 15 is 0 Å². The van der Waals surface area contributed by atoms with Crippen LogP contribution in [0, 0.1) is 5.82 Å². The number of anilines is 1. The summed E-state index contributed by atoms with van der Waals surface area (Å²) in [6.07, 6.45) is 0. The molecular weight excluding hydrogens is 305 g/mol. The number of amides is 2. The summed E-state index contributed by atoms with van der Waals surface area (Å²) >= 11 is 1.20. The van der Waals surface area contributed by atoms with Gasteiger partial charge in [0.05, 0.1) is 0 Å². The molecule has 1 aromatic heterocycles. The topological polar surface area (TPSA) is 62.3 Å². The fraction of sp³-hybridized carbons (Fsp3) is 0.267. The smallest absolute Gasteiger partial charge is 0.271 e. The summed E-state index contributed by atoms with van der Waals surface area (Å²) in [5.74, 6) is -0.994. The van der Waals surface area contributed by atoms with E-state index in [1.54, 1.807) is 12.4 Å². The predicted octanol–water partition coefficient (Wildman–Crippen LogP) is 2.70. The van der Waals surface area contributed by atoms with Crippen molar-refractivity contribution in [3.63, 3.8) is 0 Å². The maximum Gasteiger partial charge on any atom is 0.271 e. The molecule has 0 atom stereocenters. The maximum absolute atomic E-state index is 12.9. The van der Waals surface area contributed by atoms with Gasteiger partial charge in [0.25, 0.3) is 11.8 Å². The van der Waals surface area contributed by atoms with Gasteiger partial charge in [-0.1, -0.05) is 0 Å². The Morgan fingerprint density at radius 3 is 2.50 bits per heavy atom. The summed E-state index contributed by atoms with van der Waals surface area (Å²) in [7, 11) is 1.56. The standard InChI is InChI=1S/C15H16FN3O2S/c1-9(2)17-13(20)12-8-22-15(18-12)19(3)14(21)10-4-6-11(16)7-5-10/h4-9H,1-3H3,(H,17,20). The van der Waals surface area contributed by atoms with Gasteiger partial charge < -0.3 is 5.32 Å². The Balaban J connectivity index is 2.14. The van der Waals surface area contributed by atoms with Crippen molar-refractivity contribution in [1.29, 1.82) is 0 Å². The monoisotopic (exact) mass is 321 g/mol. The highest BCUT2D eigenvalue weighted by molar-refractivity contribution is 7.14. The summed E-state index contributed by atoms with van der Waals surface area (Å²) in [4.78, 5) is 29.6. The minimum absolute atomic E-state index is 0.0104. The van der Waals surface area contributed by atoms with E-state index in [-0.39, 0.29) is 23.6 Å². The van der Waals surface area contributed by atoms with Gasteiger partial charge in [0, 0.05) is 24.0 Å². The van der Waals surface area contributed by atoms with E-state index in [1.165, 1.54) is 40.5 Å². The molecule has 0 fully saturated rings. The number of hydrogen-bond donors (Lipinski definition) is 1. The van der Waals surface area contributed by atoms with E-state index < -0.39 is 5.82 Å². The lowest BCUT2D eigenvalue weighted by Crippen LogP contribution is -2.30. The quantitative estimate of drug-likeness (QED) is 0.942.